The normalized spacial score (nSPS) is 29.7. The Morgan fingerprint density at radius 3 is 2.14 bits per heavy atom. The van der Waals surface area contributed by atoms with E-state index in [1.807, 2.05) is 0 Å². The summed E-state index contributed by atoms with van der Waals surface area (Å²) in [6.45, 7) is 0. The van der Waals surface area contributed by atoms with Crippen LogP contribution in [0.1, 0.15) is 0 Å². The maximum absolute atomic E-state index is 12.5. The number of aliphatic carboxylic acids is 1. The number of benzene rings is 1. The standard InChI is InChI=1S/C14H11Br2NO5/c15-9-10(16)12-8(14(20)21)7(11(9)22-12)13(19)17-5-1-3-6(18)4-2-5/h1-4,7-8,11-12,18H,(H,17,19)(H,20,21). The average Bonchev–Trinajstić information content (AvgIpc) is 2.99. The third kappa shape index (κ3) is 2.45. The lowest BCUT2D eigenvalue weighted by atomic mass is 9.82. The smallest absolute Gasteiger partial charge is 0.310 e. The van der Waals surface area contributed by atoms with E-state index in [0.29, 0.717) is 14.7 Å². The van der Waals surface area contributed by atoms with Gasteiger partial charge in [-0.3, -0.25) is 9.59 Å². The molecule has 4 atom stereocenters. The molecule has 2 aliphatic rings. The van der Waals surface area contributed by atoms with Crippen LogP contribution in [-0.4, -0.2) is 34.3 Å². The Morgan fingerprint density at radius 1 is 1.05 bits per heavy atom. The second-order valence-electron chi connectivity index (χ2n) is 5.10. The van der Waals surface area contributed by atoms with E-state index in [4.69, 9.17) is 4.74 Å². The van der Waals surface area contributed by atoms with E-state index in [-0.39, 0.29) is 5.75 Å². The van der Waals surface area contributed by atoms with Crippen LogP contribution in [0.4, 0.5) is 5.69 Å². The Kier molecular flexibility index (Phi) is 4.00. The molecule has 1 aromatic rings. The van der Waals surface area contributed by atoms with Gasteiger partial charge in [-0.1, -0.05) is 31.9 Å². The van der Waals surface area contributed by atoms with Crippen molar-refractivity contribution in [2.24, 2.45) is 11.8 Å². The zero-order valence-electron chi connectivity index (χ0n) is 11.0. The Balaban J connectivity index is 1.85. The summed E-state index contributed by atoms with van der Waals surface area (Å²) in [5.74, 6) is -3.19. The van der Waals surface area contributed by atoms with Crippen LogP contribution < -0.4 is 5.32 Å². The number of phenolic OH excluding ortho intramolecular Hbond substituents is 1. The predicted octanol–water partition coefficient (Wildman–Crippen LogP) is 2.43. The zero-order valence-corrected chi connectivity index (χ0v) is 14.2. The van der Waals surface area contributed by atoms with Gasteiger partial charge in [0.2, 0.25) is 5.91 Å². The van der Waals surface area contributed by atoms with Gasteiger partial charge in [0, 0.05) is 14.7 Å². The quantitative estimate of drug-likeness (QED) is 0.637. The summed E-state index contributed by atoms with van der Waals surface area (Å²) in [6, 6.07) is 5.96. The van der Waals surface area contributed by atoms with Crippen molar-refractivity contribution in [1.29, 1.82) is 0 Å². The van der Waals surface area contributed by atoms with Crippen LogP contribution in [0.2, 0.25) is 0 Å². The van der Waals surface area contributed by atoms with Crippen molar-refractivity contribution < 1.29 is 24.5 Å². The highest BCUT2D eigenvalue weighted by atomic mass is 79.9. The summed E-state index contributed by atoms with van der Waals surface area (Å²) in [4.78, 5) is 24.0. The first-order valence-corrected chi connectivity index (χ1v) is 8.02. The second kappa shape index (κ2) is 5.68. The Bertz CT molecular complexity index is 672. The Labute approximate surface area is 142 Å². The topological polar surface area (TPSA) is 95.9 Å². The molecule has 2 aliphatic heterocycles. The number of fused-ring (bicyclic) bond motifs is 2. The number of nitrogens with one attached hydrogen (secondary N) is 1. The lowest BCUT2D eigenvalue weighted by molar-refractivity contribution is -0.146. The van der Waals surface area contributed by atoms with Crippen molar-refractivity contribution in [3.8, 4) is 5.75 Å². The molecule has 3 rings (SSSR count). The number of carbonyl (C=O) groups excluding carboxylic acids is 1. The van der Waals surface area contributed by atoms with Crippen LogP contribution in [0.25, 0.3) is 0 Å². The van der Waals surface area contributed by atoms with Gasteiger partial charge in [0.1, 0.15) is 23.9 Å². The molecule has 1 fully saturated rings. The minimum atomic E-state index is -1.07. The molecular weight excluding hydrogens is 422 g/mol. The van der Waals surface area contributed by atoms with E-state index >= 15 is 0 Å². The maximum Gasteiger partial charge on any atom is 0.310 e. The SMILES string of the molecule is O=C(O)C1C2OC(C(Br)=C2Br)C1C(=O)Nc1ccc(O)cc1. The average molecular weight is 433 g/mol. The minimum Gasteiger partial charge on any atom is -0.508 e. The number of amides is 1. The lowest BCUT2D eigenvalue weighted by Gasteiger charge is -2.24. The number of anilines is 1. The fourth-order valence-electron chi connectivity index (χ4n) is 2.76. The molecule has 1 aromatic carbocycles. The molecule has 0 aliphatic carbocycles. The molecule has 1 saturated heterocycles. The number of carbonyl (C=O) groups is 2. The molecular formula is C14H11Br2NO5. The predicted molar refractivity (Wildman–Crippen MR) is 84.9 cm³/mol. The molecule has 0 radical (unpaired) electrons. The van der Waals surface area contributed by atoms with Crippen LogP contribution in [0.15, 0.2) is 33.2 Å². The first-order chi connectivity index (χ1) is 10.4. The zero-order chi connectivity index (χ0) is 16.0. The summed E-state index contributed by atoms with van der Waals surface area (Å²) in [5, 5.41) is 21.3. The van der Waals surface area contributed by atoms with E-state index in [1.165, 1.54) is 24.3 Å². The van der Waals surface area contributed by atoms with Crippen molar-refractivity contribution >= 4 is 49.4 Å². The number of carboxylic acid groups (broad SMARTS) is 1. The molecule has 22 heavy (non-hydrogen) atoms. The second-order valence-corrected chi connectivity index (χ2v) is 6.81. The summed E-state index contributed by atoms with van der Waals surface area (Å²) >= 11 is 6.65. The summed E-state index contributed by atoms with van der Waals surface area (Å²) in [7, 11) is 0. The first-order valence-electron chi connectivity index (χ1n) is 6.43. The van der Waals surface area contributed by atoms with Gasteiger partial charge in [-0.05, 0) is 24.3 Å². The monoisotopic (exact) mass is 431 g/mol. The minimum absolute atomic E-state index is 0.0827. The van der Waals surface area contributed by atoms with Gasteiger partial charge < -0.3 is 20.3 Å². The van der Waals surface area contributed by atoms with Crippen molar-refractivity contribution in [3.05, 3.63) is 33.2 Å². The van der Waals surface area contributed by atoms with Crippen LogP contribution >= 0.6 is 31.9 Å². The van der Waals surface area contributed by atoms with E-state index in [2.05, 4.69) is 37.2 Å². The number of hydrogen-bond donors (Lipinski definition) is 3. The Morgan fingerprint density at radius 2 is 1.59 bits per heavy atom. The number of ether oxygens (including phenoxy) is 1. The first kappa shape index (κ1) is 15.5. The van der Waals surface area contributed by atoms with Crippen LogP contribution in [0.3, 0.4) is 0 Å². The highest BCUT2D eigenvalue weighted by molar-refractivity contribution is 9.14. The van der Waals surface area contributed by atoms with Crippen molar-refractivity contribution in [3.63, 3.8) is 0 Å². The molecule has 0 aromatic heterocycles. The number of aromatic hydroxyl groups is 1. The third-order valence-electron chi connectivity index (χ3n) is 3.78. The molecule has 8 heteroatoms. The number of carboxylic acids is 1. The number of halogens is 2. The van der Waals surface area contributed by atoms with Crippen LogP contribution in [0, 0.1) is 11.8 Å². The summed E-state index contributed by atoms with van der Waals surface area (Å²) in [5.41, 5.74) is 0.480. The van der Waals surface area contributed by atoms with Gasteiger partial charge in [0.15, 0.2) is 0 Å². The molecule has 116 valence electrons. The van der Waals surface area contributed by atoms with Gasteiger partial charge in [-0.2, -0.15) is 0 Å². The lowest BCUT2D eigenvalue weighted by Crippen LogP contribution is -2.40. The fraction of sp³-hybridized carbons (Fsp3) is 0.286. The van der Waals surface area contributed by atoms with Gasteiger partial charge in [0.25, 0.3) is 0 Å². The van der Waals surface area contributed by atoms with Crippen LogP contribution in [-0.2, 0) is 14.3 Å². The van der Waals surface area contributed by atoms with Crippen molar-refractivity contribution in [2.75, 3.05) is 5.32 Å². The fourth-order valence-corrected chi connectivity index (χ4v) is 4.00. The van der Waals surface area contributed by atoms with E-state index in [9.17, 15) is 19.8 Å². The number of phenols is 1. The van der Waals surface area contributed by atoms with E-state index < -0.39 is 35.9 Å². The highest BCUT2D eigenvalue weighted by Crippen LogP contribution is 2.51. The highest BCUT2D eigenvalue weighted by Gasteiger charge is 2.58. The number of hydrogen-bond acceptors (Lipinski definition) is 4. The summed E-state index contributed by atoms with van der Waals surface area (Å²) in [6.07, 6.45) is -1.27. The maximum atomic E-state index is 12.5. The molecule has 4 unspecified atom stereocenters. The molecule has 0 spiro atoms. The molecule has 3 N–H and O–H groups in total. The molecule has 6 nitrogen and oxygen atoms in total. The molecule has 2 heterocycles. The van der Waals surface area contributed by atoms with Gasteiger partial charge in [-0.15, -0.1) is 0 Å². The third-order valence-corrected chi connectivity index (χ3v) is 6.07. The van der Waals surface area contributed by atoms with E-state index in [1.54, 1.807) is 0 Å². The van der Waals surface area contributed by atoms with Gasteiger partial charge >= 0.3 is 5.97 Å². The van der Waals surface area contributed by atoms with Crippen LogP contribution in [0.5, 0.6) is 5.75 Å². The molecule has 0 saturated carbocycles. The largest absolute Gasteiger partial charge is 0.508 e. The Hall–Kier alpha value is -1.38. The molecule has 1 amide bonds. The summed E-state index contributed by atoms with van der Waals surface area (Å²) < 4.78 is 6.92. The molecule has 2 bridgehead atoms. The van der Waals surface area contributed by atoms with E-state index in [0.717, 1.165) is 0 Å². The number of rotatable bonds is 3. The van der Waals surface area contributed by atoms with Crippen molar-refractivity contribution in [2.45, 2.75) is 12.2 Å². The van der Waals surface area contributed by atoms with Gasteiger partial charge in [-0.25, -0.2) is 0 Å². The van der Waals surface area contributed by atoms with Gasteiger partial charge in [0.05, 0.1) is 5.92 Å². The van der Waals surface area contributed by atoms with Crippen molar-refractivity contribution in [1.82, 2.24) is 0 Å².